The number of esters is 1. The number of carbonyl (C=O) groups excluding carboxylic acids is 2. The molecule has 3 aromatic rings. The second kappa shape index (κ2) is 7.38. The Bertz CT molecular complexity index is 1030. The van der Waals surface area contributed by atoms with Crippen LogP contribution in [0.3, 0.4) is 0 Å². The zero-order valence-corrected chi connectivity index (χ0v) is 16.5. The van der Waals surface area contributed by atoms with E-state index in [1.54, 1.807) is 51.1 Å². The molecule has 8 nitrogen and oxygen atoms in total. The van der Waals surface area contributed by atoms with Gasteiger partial charge in [0.1, 0.15) is 23.6 Å². The van der Waals surface area contributed by atoms with E-state index in [0.29, 0.717) is 22.5 Å². The number of Topliss-reactive ketones (excluding diaryl/α,β-unsaturated/α-hetero) is 1. The number of nitrogens with zero attached hydrogens (tertiary/aromatic N) is 4. The van der Waals surface area contributed by atoms with Gasteiger partial charge in [0, 0.05) is 18.4 Å². The average Bonchev–Trinajstić information content (AvgIpc) is 2.93. The van der Waals surface area contributed by atoms with E-state index >= 15 is 0 Å². The summed E-state index contributed by atoms with van der Waals surface area (Å²) in [6.07, 6.45) is 0. The van der Waals surface area contributed by atoms with Gasteiger partial charge in [0.25, 0.3) is 0 Å². The van der Waals surface area contributed by atoms with Crippen molar-refractivity contribution in [1.29, 1.82) is 0 Å². The lowest BCUT2D eigenvalue weighted by Crippen LogP contribution is -2.26. The van der Waals surface area contributed by atoms with Gasteiger partial charge in [-0.25, -0.2) is 0 Å². The van der Waals surface area contributed by atoms with Gasteiger partial charge in [-0.3, -0.25) is 14.3 Å². The molecule has 0 saturated heterocycles. The van der Waals surface area contributed by atoms with Crippen LogP contribution in [0.1, 0.15) is 43.9 Å². The van der Waals surface area contributed by atoms with Gasteiger partial charge in [-0.1, -0.05) is 0 Å². The zero-order chi connectivity index (χ0) is 20.5. The maximum Gasteiger partial charge on any atom is 0.328 e. The van der Waals surface area contributed by atoms with Crippen LogP contribution in [0.25, 0.3) is 10.9 Å². The van der Waals surface area contributed by atoms with Gasteiger partial charge < -0.3 is 9.47 Å². The molecule has 2 aromatic heterocycles. The smallest absolute Gasteiger partial charge is 0.328 e. The highest BCUT2D eigenvalue weighted by Gasteiger charge is 2.20. The molecule has 0 atom stereocenters. The molecular weight excluding hydrogens is 360 g/mol. The maximum absolute atomic E-state index is 12.2. The molecule has 0 bridgehead atoms. The van der Waals surface area contributed by atoms with Crippen molar-refractivity contribution >= 4 is 22.7 Å². The molecule has 0 aliphatic heterocycles. The van der Waals surface area contributed by atoms with E-state index in [2.05, 4.69) is 15.3 Å². The number of aromatic nitrogens is 4. The number of ether oxygens (including phenoxy) is 2. The Hall–Kier alpha value is -3.29. The lowest BCUT2D eigenvalue weighted by Gasteiger charge is -2.19. The van der Waals surface area contributed by atoms with E-state index in [1.807, 2.05) is 6.92 Å². The zero-order valence-electron chi connectivity index (χ0n) is 16.5. The number of hydrogen-bond acceptors (Lipinski definition) is 7. The molecule has 1 aromatic carbocycles. The fourth-order valence-electron chi connectivity index (χ4n) is 2.66. The highest BCUT2D eigenvalue weighted by Crippen LogP contribution is 2.27. The van der Waals surface area contributed by atoms with E-state index in [1.165, 1.54) is 11.6 Å². The second-order valence-corrected chi connectivity index (χ2v) is 7.44. The summed E-state index contributed by atoms with van der Waals surface area (Å²) in [6.45, 7) is 8.56. The number of aryl methyl sites for hydroxylation is 1. The highest BCUT2D eigenvalue weighted by atomic mass is 16.6. The lowest BCUT2D eigenvalue weighted by atomic mass is 10.1. The molecule has 8 heteroatoms. The van der Waals surface area contributed by atoms with Crippen LogP contribution in [-0.4, -0.2) is 37.3 Å². The minimum absolute atomic E-state index is 0.0926. The minimum Gasteiger partial charge on any atom is -0.459 e. The summed E-state index contributed by atoms with van der Waals surface area (Å²) in [5.41, 5.74) is 1.09. The van der Waals surface area contributed by atoms with Crippen molar-refractivity contribution in [3.8, 4) is 11.6 Å². The van der Waals surface area contributed by atoms with E-state index in [-0.39, 0.29) is 18.0 Å². The Morgan fingerprint density at radius 2 is 1.86 bits per heavy atom. The number of benzene rings is 1. The molecule has 0 N–H and O–H groups in total. The molecule has 0 aliphatic rings. The van der Waals surface area contributed by atoms with Gasteiger partial charge in [0.05, 0.1) is 11.2 Å². The van der Waals surface area contributed by atoms with Crippen molar-refractivity contribution in [2.24, 2.45) is 0 Å². The SMILES string of the molecule is CC(=O)c1nn(CC(=O)OC(C)(C)C)c2ccc(Oc3ccc(C)nn3)cc12. The average molecular weight is 382 g/mol. The third kappa shape index (κ3) is 4.51. The lowest BCUT2D eigenvalue weighted by molar-refractivity contribution is -0.155. The molecule has 0 amide bonds. The molecule has 0 radical (unpaired) electrons. The Balaban J connectivity index is 1.93. The Labute approximate surface area is 162 Å². The van der Waals surface area contributed by atoms with Gasteiger partial charge in [-0.15, -0.1) is 5.10 Å². The standard InChI is InChI=1S/C20H22N4O4/c1-12-6-9-17(22-21-12)27-14-7-8-16-15(10-14)19(13(2)25)23-24(16)11-18(26)28-20(3,4)5/h6-10H,11H2,1-5H3. The van der Waals surface area contributed by atoms with Crippen molar-refractivity contribution in [2.75, 3.05) is 0 Å². The van der Waals surface area contributed by atoms with Crippen molar-refractivity contribution in [3.05, 3.63) is 41.7 Å². The Morgan fingerprint density at radius 1 is 1.11 bits per heavy atom. The van der Waals surface area contributed by atoms with Crippen molar-refractivity contribution in [2.45, 2.75) is 46.8 Å². The van der Waals surface area contributed by atoms with Gasteiger partial charge in [0.15, 0.2) is 5.78 Å². The third-order valence-corrected chi connectivity index (χ3v) is 3.75. The third-order valence-electron chi connectivity index (χ3n) is 3.75. The molecular formula is C20H22N4O4. The van der Waals surface area contributed by atoms with Gasteiger partial charge in [-0.05, 0) is 52.0 Å². The molecule has 2 heterocycles. The summed E-state index contributed by atoms with van der Waals surface area (Å²) in [5, 5.41) is 12.8. The largest absolute Gasteiger partial charge is 0.459 e. The molecule has 0 unspecified atom stereocenters. The number of ketones is 1. The highest BCUT2D eigenvalue weighted by molar-refractivity contribution is 6.05. The summed E-state index contributed by atoms with van der Waals surface area (Å²) < 4.78 is 12.5. The Kier molecular flexibility index (Phi) is 5.13. The number of hydrogen-bond donors (Lipinski definition) is 0. The van der Waals surface area contributed by atoms with Crippen LogP contribution in [-0.2, 0) is 16.1 Å². The number of fused-ring (bicyclic) bond motifs is 1. The molecule has 0 aliphatic carbocycles. The van der Waals surface area contributed by atoms with Crippen molar-refractivity contribution in [3.63, 3.8) is 0 Å². The van der Waals surface area contributed by atoms with Crippen LogP contribution >= 0.6 is 0 Å². The molecule has 28 heavy (non-hydrogen) atoms. The maximum atomic E-state index is 12.2. The van der Waals surface area contributed by atoms with E-state index in [0.717, 1.165) is 5.69 Å². The molecule has 0 saturated carbocycles. The van der Waals surface area contributed by atoms with Crippen LogP contribution in [0.15, 0.2) is 30.3 Å². The summed E-state index contributed by atoms with van der Waals surface area (Å²) >= 11 is 0. The minimum atomic E-state index is -0.598. The summed E-state index contributed by atoms with van der Waals surface area (Å²) in [5.74, 6) is 0.197. The monoisotopic (exact) mass is 382 g/mol. The van der Waals surface area contributed by atoms with E-state index in [9.17, 15) is 9.59 Å². The first-order valence-corrected chi connectivity index (χ1v) is 8.84. The Morgan fingerprint density at radius 3 is 2.46 bits per heavy atom. The van der Waals surface area contributed by atoms with Crippen LogP contribution < -0.4 is 4.74 Å². The van der Waals surface area contributed by atoms with E-state index < -0.39 is 11.6 Å². The predicted molar refractivity (Wildman–Crippen MR) is 102 cm³/mol. The first-order chi connectivity index (χ1) is 13.1. The van der Waals surface area contributed by atoms with E-state index in [4.69, 9.17) is 9.47 Å². The number of rotatable bonds is 5. The molecule has 0 fully saturated rings. The first kappa shape index (κ1) is 19.5. The fourth-order valence-corrected chi connectivity index (χ4v) is 2.66. The van der Waals surface area contributed by atoms with Crippen LogP contribution in [0, 0.1) is 6.92 Å². The van der Waals surface area contributed by atoms with Crippen LogP contribution in [0.4, 0.5) is 0 Å². The second-order valence-electron chi connectivity index (χ2n) is 7.44. The fraction of sp³-hybridized carbons (Fsp3) is 0.350. The van der Waals surface area contributed by atoms with Crippen LogP contribution in [0.2, 0.25) is 0 Å². The number of carbonyl (C=O) groups is 2. The molecule has 146 valence electrons. The molecule has 0 spiro atoms. The van der Waals surface area contributed by atoms with Gasteiger partial charge in [-0.2, -0.15) is 10.2 Å². The van der Waals surface area contributed by atoms with Crippen LogP contribution in [0.5, 0.6) is 11.6 Å². The first-order valence-electron chi connectivity index (χ1n) is 8.84. The summed E-state index contributed by atoms with van der Waals surface area (Å²) in [4.78, 5) is 24.2. The van der Waals surface area contributed by atoms with Crippen molar-refractivity contribution < 1.29 is 19.1 Å². The molecule has 3 rings (SSSR count). The summed E-state index contributed by atoms with van der Waals surface area (Å²) in [6, 6.07) is 8.68. The predicted octanol–water partition coefficient (Wildman–Crippen LogP) is 3.47. The topological polar surface area (TPSA) is 96.2 Å². The normalized spacial score (nSPS) is 11.5. The quantitative estimate of drug-likeness (QED) is 0.492. The van der Waals surface area contributed by atoms with Gasteiger partial charge in [0.2, 0.25) is 5.88 Å². The van der Waals surface area contributed by atoms with Gasteiger partial charge >= 0.3 is 5.97 Å². The summed E-state index contributed by atoms with van der Waals surface area (Å²) in [7, 11) is 0. The van der Waals surface area contributed by atoms with Crippen molar-refractivity contribution in [1.82, 2.24) is 20.0 Å².